The SMILES string of the molecule is COc1ccccc1[C@H]1C=C[C@@H](O)C1. The maximum atomic E-state index is 9.40. The molecule has 0 saturated heterocycles. The molecule has 1 aromatic rings. The molecule has 2 atom stereocenters. The molecule has 1 aliphatic carbocycles. The van der Waals surface area contributed by atoms with E-state index in [1.165, 1.54) is 0 Å². The Morgan fingerprint density at radius 2 is 2.07 bits per heavy atom. The number of hydrogen-bond donors (Lipinski definition) is 1. The number of hydrogen-bond acceptors (Lipinski definition) is 2. The lowest BCUT2D eigenvalue weighted by Gasteiger charge is -2.13. The van der Waals surface area contributed by atoms with Crippen molar-refractivity contribution in [3.05, 3.63) is 42.0 Å². The van der Waals surface area contributed by atoms with Gasteiger partial charge in [0.15, 0.2) is 0 Å². The normalized spacial score (nSPS) is 25.3. The molecular weight excluding hydrogens is 176 g/mol. The fourth-order valence-corrected chi connectivity index (χ4v) is 1.88. The first-order valence-corrected chi connectivity index (χ1v) is 4.80. The highest BCUT2D eigenvalue weighted by Crippen LogP contribution is 2.34. The Bertz CT molecular complexity index is 344. The molecule has 0 bridgehead atoms. The van der Waals surface area contributed by atoms with E-state index in [4.69, 9.17) is 4.74 Å². The average Bonchev–Trinajstić information content (AvgIpc) is 2.65. The van der Waals surface area contributed by atoms with E-state index in [1.807, 2.05) is 36.4 Å². The van der Waals surface area contributed by atoms with Gasteiger partial charge in [0.05, 0.1) is 13.2 Å². The third-order valence-electron chi connectivity index (χ3n) is 2.60. The van der Waals surface area contributed by atoms with E-state index in [9.17, 15) is 5.11 Å². The molecule has 0 amide bonds. The Hall–Kier alpha value is -1.28. The largest absolute Gasteiger partial charge is 0.496 e. The Labute approximate surface area is 83.8 Å². The first-order chi connectivity index (χ1) is 6.81. The Balaban J connectivity index is 2.28. The topological polar surface area (TPSA) is 29.5 Å². The van der Waals surface area contributed by atoms with Crippen LogP contribution in [0.25, 0.3) is 0 Å². The van der Waals surface area contributed by atoms with Crippen molar-refractivity contribution >= 4 is 0 Å². The van der Waals surface area contributed by atoms with Crippen molar-refractivity contribution in [3.8, 4) is 5.75 Å². The predicted octanol–water partition coefficient (Wildman–Crippen LogP) is 2.10. The van der Waals surface area contributed by atoms with Crippen LogP contribution in [0.5, 0.6) is 5.75 Å². The van der Waals surface area contributed by atoms with E-state index in [1.54, 1.807) is 7.11 Å². The first kappa shape index (κ1) is 9.28. The van der Waals surface area contributed by atoms with Gasteiger partial charge in [-0.1, -0.05) is 30.4 Å². The van der Waals surface area contributed by atoms with Gasteiger partial charge in [-0.15, -0.1) is 0 Å². The number of para-hydroxylation sites is 1. The molecule has 0 spiro atoms. The van der Waals surface area contributed by atoms with Crippen LogP contribution in [-0.2, 0) is 0 Å². The maximum absolute atomic E-state index is 9.40. The molecule has 0 radical (unpaired) electrons. The molecule has 0 aromatic heterocycles. The van der Waals surface area contributed by atoms with Crippen LogP contribution in [0.2, 0.25) is 0 Å². The van der Waals surface area contributed by atoms with Gasteiger partial charge in [0.25, 0.3) is 0 Å². The van der Waals surface area contributed by atoms with Crippen molar-refractivity contribution in [1.29, 1.82) is 0 Å². The van der Waals surface area contributed by atoms with Crippen LogP contribution in [-0.4, -0.2) is 18.3 Å². The maximum Gasteiger partial charge on any atom is 0.122 e. The van der Waals surface area contributed by atoms with Gasteiger partial charge in [-0.05, 0) is 12.5 Å². The van der Waals surface area contributed by atoms with Crippen LogP contribution < -0.4 is 4.74 Å². The fraction of sp³-hybridized carbons (Fsp3) is 0.333. The third-order valence-corrected chi connectivity index (χ3v) is 2.60. The summed E-state index contributed by atoms with van der Waals surface area (Å²) in [5, 5.41) is 9.40. The number of aliphatic hydroxyl groups excluding tert-OH is 1. The van der Waals surface area contributed by atoms with E-state index in [0.29, 0.717) is 5.92 Å². The number of methoxy groups -OCH3 is 1. The summed E-state index contributed by atoms with van der Waals surface area (Å²) < 4.78 is 5.28. The molecule has 1 aromatic carbocycles. The van der Waals surface area contributed by atoms with E-state index in [2.05, 4.69) is 0 Å². The monoisotopic (exact) mass is 190 g/mol. The molecule has 2 nitrogen and oxygen atoms in total. The van der Waals surface area contributed by atoms with Crippen molar-refractivity contribution in [3.63, 3.8) is 0 Å². The number of rotatable bonds is 2. The number of benzene rings is 1. The smallest absolute Gasteiger partial charge is 0.122 e. The third kappa shape index (κ3) is 1.66. The summed E-state index contributed by atoms with van der Waals surface area (Å²) in [4.78, 5) is 0. The van der Waals surface area contributed by atoms with E-state index >= 15 is 0 Å². The van der Waals surface area contributed by atoms with Crippen LogP contribution in [0.15, 0.2) is 36.4 Å². The number of allylic oxidation sites excluding steroid dienone is 1. The van der Waals surface area contributed by atoms with Crippen LogP contribution in [0.1, 0.15) is 17.9 Å². The van der Waals surface area contributed by atoms with Crippen molar-refractivity contribution < 1.29 is 9.84 Å². The highest BCUT2D eigenvalue weighted by atomic mass is 16.5. The summed E-state index contributed by atoms with van der Waals surface area (Å²) in [5.74, 6) is 1.19. The Morgan fingerprint density at radius 3 is 2.71 bits per heavy atom. The lowest BCUT2D eigenvalue weighted by Crippen LogP contribution is -2.02. The van der Waals surface area contributed by atoms with Crippen molar-refractivity contribution in [2.75, 3.05) is 7.11 Å². The second kappa shape index (κ2) is 3.84. The second-order valence-electron chi connectivity index (χ2n) is 3.54. The Morgan fingerprint density at radius 1 is 1.29 bits per heavy atom. The van der Waals surface area contributed by atoms with E-state index in [0.717, 1.165) is 17.7 Å². The fourth-order valence-electron chi connectivity index (χ4n) is 1.88. The predicted molar refractivity (Wildman–Crippen MR) is 55.5 cm³/mol. The molecule has 0 fully saturated rings. The van der Waals surface area contributed by atoms with Crippen molar-refractivity contribution in [1.82, 2.24) is 0 Å². The summed E-state index contributed by atoms with van der Waals surface area (Å²) in [6.07, 6.45) is 4.35. The molecule has 1 aliphatic rings. The quantitative estimate of drug-likeness (QED) is 0.724. The van der Waals surface area contributed by atoms with E-state index in [-0.39, 0.29) is 6.10 Å². The number of aliphatic hydroxyl groups is 1. The lowest BCUT2D eigenvalue weighted by atomic mass is 9.97. The molecule has 0 heterocycles. The summed E-state index contributed by atoms with van der Waals surface area (Å²) in [5.41, 5.74) is 1.16. The molecule has 0 unspecified atom stereocenters. The summed E-state index contributed by atoms with van der Waals surface area (Å²) in [6, 6.07) is 7.95. The van der Waals surface area contributed by atoms with Gasteiger partial charge in [0.2, 0.25) is 0 Å². The van der Waals surface area contributed by atoms with Crippen LogP contribution in [0.3, 0.4) is 0 Å². The molecule has 74 valence electrons. The van der Waals surface area contributed by atoms with Gasteiger partial charge in [-0.2, -0.15) is 0 Å². The molecule has 0 saturated carbocycles. The summed E-state index contributed by atoms with van der Waals surface area (Å²) in [7, 11) is 1.67. The highest BCUT2D eigenvalue weighted by molar-refractivity contribution is 5.39. The molecule has 2 heteroatoms. The van der Waals surface area contributed by atoms with Crippen LogP contribution in [0, 0.1) is 0 Å². The molecule has 14 heavy (non-hydrogen) atoms. The molecule has 0 aliphatic heterocycles. The van der Waals surface area contributed by atoms with Crippen molar-refractivity contribution in [2.45, 2.75) is 18.4 Å². The number of ether oxygens (including phenoxy) is 1. The second-order valence-corrected chi connectivity index (χ2v) is 3.54. The lowest BCUT2D eigenvalue weighted by molar-refractivity contribution is 0.218. The minimum Gasteiger partial charge on any atom is -0.496 e. The van der Waals surface area contributed by atoms with Gasteiger partial charge in [-0.25, -0.2) is 0 Å². The summed E-state index contributed by atoms with van der Waals surface area (Å²) in [6.45, 7) is 0. The zero-order valence-electron chi connectivity index (χ0n) is 8.18. The highest BCUT2D eigenvalue weighted by Gasteiger charge is 2.20. The summed E-state index contributed by atoms with van der Waals surface area (Å²) >= 11 is 0. The van der Waals surface area contributed by atoms with Gasteiger partial charge in [0.1, 0.15) is 5.75 Å². The molecule has 2 rings (SSSR count). The van der Waals surface area contributed by atoms with Crippen LogP contribution >= 0.6 is 0 Å². The average molecular weight is 190 g/mol. The zero-order valence-corrected chi connectivity index (χ0v) is 8.18. The standard InChI is InChI=1S/C12H14O2/c1-14-12-5-3-2-4-11(12)9-6-7-10(13)8-9/h2-7,9-10,13H,8H2,1H3/t9-,10+/m0/s1. The van der Waals surface area contributed by atoms with Crippen molar-refractivity contribution in [2.24, 2.45) is 0 Å². The van der Waals surface area contributed by atoms with Crippen LogP contribution in [0.4, 0.5) is 0 Å². The Kier molecular flexibility index (Phi) is 2.55. The molecular formula is C12H14O2. The van der Waals surface area contributed by atoms with Gasteiger partial charge < -0.3 is 9.84 Å². The first-order valence-electron chi connectivity index (χ1n) is 4.80. The van der Waals surface area contributed by atoms with Gasteiger partial charge in [-0.3, -0.25) is 0 Å². The molecule has 1 N–H and O–H groups in total. The zero-order chi connectivity index (χ0) is 9.97. The van der Waals surface area contributed by atoms with Gasteiger partial charge >= 0.3 is 0 Å². The van der Waals surface area contributed by atoms with E-state index < -0.39 is 0 Å². The minimum absolute atomic E-state index is 0.293. The minimum atomic E-state index is -0.301. The van der Waals surface area contributed by atoms with Gasteiger partial charge in [0, 0.05) is 11.5 Å².